The zero-order valence-electron chi connectivity index (χ0n) is 15.3. The van der Waals surface area contributed by atoms with Crippen molar-refractivity contribution >= 4 is 35.2 Å². The fourth-order valence-corrected chi connectivity index (χ4v) is 3.03. The number of halogens is 2. The van der Waals surface area contributed by atoms with Crippen molar-refractivity contribution in [1.29, 1.82) is 5.26 Å². The predicted octanol–water partition coefficient (Wildman–Crippen LogP) is 5.31. The lowest BCUT2D eigenvalue weighted by molar-refractivity contribution is -0.117. The Balaban J connectivity index is 2.21. The Hall–Kier alpha value is -2.48. The van der Waals surface area contributed by atoms with Crippen LogP contribution >= 0.6 is 23.2 Å². The zero-order chi connectivity index (χ0) is 20.0. The Kier molecular flexibility index (Phi) is 7.29. The largest absolute Gasteiger partial charge is 0.486 e. The van der Waals surface area contributed by atoms with Gasteiger partial charge in [-0.3, -0.25) is 4.79 Å². The van der Waals surface area contributed by atoms with Gasteiger partial charge >= 0.3 is 0 Å². The van der Waals surface area contributed by atoms with E-state index in [1.54, 1.807) is 12.1 Å². The highest BCUT2D eigenvalue weighted by molar-refractivity contribution is 6.37. The van der Waals surface area contributed by atoms with Gasteiger partial charge in [-0.05, 0) is 50.1 Å². The fourth-order valence-electron chi connectivity index (χ4n) is 2.41. The van der Waals surface area contributed by atoms with Crippen LogP contribution in [-0.4, -0.2) is 11.9 Å². The summed E-state index contributed by atoms with van der Waals surface area (Å²) in [6.45, 7) is 5.98. The van der Waals surface area contributed by atoms with E-state index in [1.165, 1.54) is 6.08 Å². The van der Waals surface area contributed by atoms with E-state index in [2.05, 4.69) is 5.32 Å². The van der Waals surface area contributed by atoms with E-state index in [0.717, 1.165) is 11.1 Å². The topological polar surface area (TPSA) is 62.1 Å². The minimum absolute atomic E-state index is 0.0238. The first-order chi connectivity index (χ1) is 12.8. The highest BCUT2D eigenvalue weighted by Gasteiger charge is 2.13. The van der Waals surface area contributed by atoms with Crippen molar-refractivity contribution < 1.29 is 9.53 Å². The molecule has 0 aromatic heterocycles. The molecular weight excluding hydrogens is 383 g/mol. The Morgan fingerprint density at radius 2 is 1.93 bits per heavy atom. The molecule has 0 spiro atoms. The summed E-state index contributed by atoms with van der Waals surface area (Å²) < 4.78 is 5.77. The van der Waals surface area contributed by atoms with Gasteiger partial charge in [0.1, 0.15) is 18.2 Å². The summed E-state index contributed by atoms with van der Waals surface area (Å²) in [4.78, 5) is 12.0. The van der Waals surface area contributed by atoms with Crippen LogP contribution in [0.2, 0.25) is 10.0 Å². The molecule has 2 aromatic carbocycles. The number of rotatable bonds is 6. The lowest BCUT2D eigenvalue weighted by Gasteiger charge is -2.12. The Bertz CT molecular complexity index is 892. The second kappa shape index (κ2) is 9.45. The van der Waals surface area contributed by atoms with Gasteiger partial charge in [0.05, 0.1) is 10.0 Å². The summed E-state index contributed by atoms with van der Waals surface area (Å²) in [5.74, 6) is -0.0818. The maximum absolute atomic E-state index is 12.0. The molecule has 0 aliphatic rings. The van der Waals surface area contributed by atoms with Crippen LogP contribution in [0.4, 0.5) is 0 Å². The van der Waals surface area contributed by atoms with Crippen LogP contribution in [0, 0.1) is 18.3 Å². The molecule has 0 atom stereocenters. The maximum Gasteiger partial charge on any atom is 0.262 e. The molecule has 0 saturated carbocycles. The number of nitriles is 1. The van der Waals surface area contributed by atoms with Crippen LogP contribution in [0.3, 0.4) is 0 Å². The van der Waals surface area contributed by atoms with Crippen LogP contribution in [0.5, 0.6) is 5.75 Å². The lowest BCUT2D eigenvalue weighted by atomic mass is 10.1. The first kappa shape index (κ1) is 20.8. The van der Waals surface area contributed by atoms with Crippen molar-refractivity contribution in [1.82, 2.24) is 5.32 Å². The number of nitrogens with zero attached hydrogens (tertiary/aromatic N) is 1. The van der Waals surface area contributed by atoms with Gasteiger partial charge in [-0.25, -0.2) is 0 Å². The van der Waals surface area contributed by atoms with Gasteiger partial charge in [0, 0.05) is 6.04 Å². The standard InChI is InChI=1S/C21H20Cl2N2O2/c1-13(2)25-21(26)17(11-24)8-16-9-18(22)20(19(23)10-16)27-12-15-6-4-5-14(3)7-15/h4-10,13H,12H2,1-3H3,(H,25,26)/b17-8-. The average molecular weight is 403 g/mol. The molecular formula is C21H20Cl2N2O2. The van der Waals surface area contributed by atoms with Crippen molar-refractivity contribution in [3.05, 3.63) is 68.7 Å². The summed E-state index contributed by atoms with van der Waals surface area (Å²) in [6, 6.07) is 13.0. The zero-order valence-corrected chi connectivity index (χ0v) is 16.9. The van der Waals surface area contributed by atoms with Crippen molar-refractivity contribution in [2.75, 3.05) is 0 Å². The molecule has 0 radical (unpaired) electrons. The summed E-state index contributed by atoms with van der Waals surface area (Å²) in [7, 11) is 0. The van der Waals surface area contributed by atoms with Gasteiger partial charge in [-0.1, -0.05) is 53.0 Å². The molecule has 140 valence electrons. The number of amides is 1. The van der Waals surface area contributed by atoms with Crippen LogP contribution < -0.4 is 10.1 Å². The van der Waals surface area contributed by atoms with Crippen molar-refractivity contribution in [2.45, 2.75) is 33.4 Å². The highest BCUT2D eigenvalue weighted by Crippen LogP contribution is 2.35. The Morgan fingerprint density at radius 1 is 1.26 bits per heavy atom. The number of hydrogen-bond donors (Lipinski definition) is 1. The Morgan fingerprint density at radius 3 is 2.48 bits per heavy atom. The maximum atomic E-state index is 12.0. The van der Waals surface area contributed by atoms with Crippen LogP contribution in [0.1, 0.15) is 30.5 Å². The molecule has 0 bridgehead atoms. The Labute approximate surface area is 169 Å². The number of carbonyl (C=O) groups excluding carboxylic acids is 1. The third kappa shape index (κ3) is 6.02. The molecule has 0 heterocycles. The summed E-state index contributed by atoms with van der Waals surface area (Å²) in [5.41, 5.74) is 2.66. The average Bonchev–Trinajstić information content (AvgIpc) is 2.58. The van der Waals surface area contributed by atoms with E-state index in [9.17, 15) is 10.1 Å². The first-order valence-electron chi connectivity index (χ1n) is 8.40. The number of ether oxygens (including phenoxy) is 1. The van der Waals surface area contributed by atoms with Crippen LogP contribution in [0.25, 0.3) is 6.08 Å². The monoisotopic (exact) mass is 402 g/mol. The summed E-state index contributed by atoms with van der Waals surface area (Å²) in [6.07, 6.45) is 1.44. The smallest absolute Gasteiger partial charge is 0.262 e. The molecule has 1 amide bonds. The normalized spacial score (nSPS) is 11.2. The molecule has 2 aromatic rings. The third-order valence-electron chi connectivity index (χ3n) is 3.58. The third-order valence-corrected chi connectivity index (χ3v) is 4.14. The number of hydrogen-bond acceptors (Lipinski definition) is 3. The number of carbonyl (C=O) groups is 1. The fraction of sp³-hybridized carbons (Fsp3) is 0.238. The molecule has 27 heavy (non-hydrogen) atoms. The van der Waals surface area contributed by atoms with Gasteiger partial charge in [0.2, 0.25) is 0 Å². The predicted molar refractivity (Wildman–Crippen MR) is 109 cm³/mol. The minimum Gasteiger partial charge on any atom is -0.486 e. The second-order valence-corrected chi connectivity index (χ2v) is 7.20. The van der Waals surface area contributed by atoms with E-state index < -0.39 is 5.91 Å². The SMILES string of the molecule is Cc1cccc(COc2c(Cl)cc(/C=C(/C#N)C(=O)NC(C)C)cc2Cl)c1. The molecule has 0 saturated heterocycles. The van der Waals surface area contributed by atoms with Crippen molar-refractivity contribution in [3.63, 3.8) is 0 Å². The molecule has 1 N–H and O–H groups in total. The van der Waals surface area contributed by atoms with Crippen molar-refractivity contribution in [2.24, 2.45) is 0 Å². The molecule has 0 fully saturated rings. The number of aryl methyl sites for hydroxylation is 1. The quantitative estimate of drug-likeness (QED) is 0.525. The first-order valence-corrected chi connectivity index (χ1v) is 9.15. The van der Waals surface area contributed by atoms with E-state index in [-0.39, 0.29) is 11.6 Å². The van der Waals surface area contributed by atoms with Gasteiger partial charge in [0.15, 0.2) is 5.75 Å². The molecule has 0 aliphatic heterocycles. The van der Waals surface area contributed by atoms with E-state index in [0.29, 0.717) is 28.0 Å². The highest BCUT2D eigenvalue weighted by atomic mass is 35.5. The molecule has 2 rings (SSSR count). The molecule has 0 unspecified atom stereocenters. The number of benzene rings is 2. The molecule has 4 nitrogen and oxygen atoms in total. The van der Waals surface area contributed by atoms with Crippen LogP contribution in [0.15, 0.2) is 42.0 Å². The van der Waals surface area contributed by atoms with E-state index >= 15 is 0 Å². The van der Waals surface area contributed by atoms with Crippen molar-refractivity contribution in [3.8, 4) is 11.8 Å². The molecule has 0 aliphatic carbocycles. The summed E-state index contributed by atoms with van der Waals surface area (Å²) >= 11 is 12.6. The van der Waals surface area contributed by atoms with E-state index in [1.807, 2.05) is 51.1 Å². The second-order valence-electron chi connectivity index (χ2n) is 6.39. The van der Waals surface area contributed by atoms with Gasteiger partial charge in [-0.15, -0.1) is 0 Å². The molecule has 6 heteroatoms. The van der Waals surface area contributed by atoms with E-state index in [4.69, 9.17) is 27.9 Å². The van der Waals surface area contributed by atoms with Gasteiger partial charge in [-0.2, -0.15) is 5.26 Å². The van der Waals surface area contributed by atoms with Crippen LogP contribution in [-0.2, 0) is 11.4 Å². The van der Waals surface area contributed by atoms with Gasteiger partial charge < -0.3 is 10.1 Å². The minimum atomic E-state index is -0.445. The number of nitrogens with one attached hydrogen (secondary N) is 1. The van der Waals surface area contributed by atoms with Gasteiger partial charge in [0.25, 0.3) is 5.91 Å². The summed E-state index contributed by atoms with van der Waals surface area (Å²) in [5, 5.41) is 12.5. The lowest BCUT2D eigenvalue weighted by Crippen LogP contribution is -2.30.